The van der Waals surface area contributed by atoms with Crippen LogP contribution in [0.3, 0.4) is 0 Å². The number of thioether (sulfide) groups is 1. The molecule has 3 unspecified atom stereocenters. The third-order valence-electron chi connectivity index (χ3n) is 10.8. The summed E-state index contributed by atoms with van der Waals surface area (Å²) in [5.41, 5.74) is 5.22. The van der Waals surface area contributed by atoms with Gasteiger partial charge in [0.05, 0.1) is 85.0 Å². The zero-order valence-corrected chi connectivity index (χ0v) is 42.2. The van der Waals surface area contributed by atoms with Crippen molar-refractivity contribution in [3.05, 3.63) is 40.9 Å². The van der Waals surface area contributed by atoms with Crippen LogP contribution in [0.25, 0.3) is 11.2 Å². The lowest BCUT2D eigenvalue weighted by Crippen LogP contribution is -2.46. The maximum absolute atomic E-state index is 12.6. The molecular weight excluding hydrogens is 1040 g/mol. The number of anilines is 2. The summed E-state index contributed by atoms with van der Waals surface area (Å²) in [6.07, 6.45) is -2.14. The number of nitrogens with one attached hydrogen (secondary N) is 5. The Morgan fingerprint density at radius 2 is 1.53 bits per heavy atom. The predicted molar refractivity (Wildman–Crippen MR) is 250 cm³/mol. The number of nitrogens with zero attached hydrogens (tertiary/aromatic N) is 3. The maximum atomic E-state index is 12.6. The molecule has 5 heterocycles. The number of benzene rings is 1. The highest BCUT2D eigenvalue weighted by atomic mass is 32.2. The largest absolute Gasteiger partial charge is 0.536 e. The van der Waals surface area contributed by atoms with Crippen LogP contribution < -0.4 is 41.7 Å². The van der Waals surface area contributed by atoms with Crippen LogP contribution in [-0.2, 0) is 67.2 Å². The van der Waals surface area contributed by atoms with Crippen LogP contribution >= 0.6 is 35.2 Å². The third kappa shape index (κ3) is 17.2. The Labute approximate surface area is 414 Å². The van der Waals surface area contributed by atoms with Crippen molar-refractivity contribution < 1.29 is 98.9 Å². The van der Waals surface area contributed by atoms with Gasteiger partial charge in [-0.05, 0) is 37.1 Å². The van der Waals surface area contributed by atoms with Gasteiger partial charge in [-0.25, -0.2) is 23.1 Å². The summed E-state index contributed by atoms with van der Waals surface area (Å²) >= 11 is 1.86. The summed E-state index contributed by atoms with van der Waals surface area (Å²) in [6.45, 7) is 1.58. The molecule has 10 atom stereocenters. The minimum absolute atomic E-state index is 0.0218. The molecule has 402 valence electrons. The molecule has 72 heavy (non-hydrogen) atoms. The summed E-state index contributed by atoms with van der Waals surface area (Å²) < 4.78 is 85.1. The molecule has 0 aliphatic carbocycles. The Morgan fingerprint density at radius 1 is 0.875 bits per heavy atom. The molecule has 3 fully saturated rings. The average molecular weight is 1100 g/mol. The van der Waals surface area contributed by atoms with Gasteiger partial charge < -0.3 is 75.2 Å². The summed E-state index contributed by atoms with van der Waals surface area (Å²) in [7, 11) is -15.6. The molecule has 3 saturated heterocycles. The number of nitrogens with two attached hydrogens (primary N) is 1. The number of aromatic nitrogens is 4. The van der Waals surface area contributed by atoms with Gasteiger partial charge in [0.1, 0.15) is 24.1 Å². The van der Waals surface area contributed by atoms with E-state index in [-0.39, 0.29) is 73.1 Å². The fourth-order valence-electron chi connectivity index (χ4n) is 7.54. The molecule has 0 radical (unpaired) electrons. The summed E-state index contributed by atoms with van der Waals surface area (Å²) in [4.78, 5) is 84.9. The number of hydrogen-bond donors (Lipinski definition) is 11. The standard InChI is InChI=1S/C38H58N9O21P3S/c1-46-22-47(34-31(46)35(52)45-37(39)44-34)36-33(51)32(50)26(65-36)20-64-69(54,55)67-71(58,59)68-70(56,57)66-24-8-6-23(7-9-24)41-29(49)10-12-60-14-16-62-18-19-63-17-15-61-13-11-40-28(48)5-3-2-4-27-30-25(21-72-27)42-38(53)43-30/h6-9,22,25-27,30,32-33,36,50-51H,2-5,10-21H2,1H3,(H9-,39,40,41,42,43,44,45,48,49,52,53,54,55,56,57,58,59)/p+1/t25-,26+,27-,30-,32+,33+,36+/m0/s1. The van der Waals surface area contributed by atoms with Crippen LogP contribution in [0.2, 0.25) is 0 Å². The van der Waals surface area contributed by atoms with Gasteiger partial charge in [-0.2, -0.15) is 20.4 Å². The second-order valence-corrected chi connectivity index (χ2v) is 22.1. The number of imidazole rings is 1. The van der Waals surface area contributed by atoms with Crippen molar-refractivity contribution in [3.63, 3.8) is 0 Å². The highest BCUT2D eigenvalue weighted by Gasteiger charge is 2.49. The first kappa shape index (κ1) is 57.2. The number of aryl methyl sites for hydroxylation is 1. The number of phosphoric acid groups is 3. The van der Waals surface area contributed by atoms with E-state index in [1.165, 1.54) is 34.6 Å². The molecule has 1 aromatic carbocycles. The fourth-order valence-corrected chi connectivity index (χ4v) is 12.6. The van der Waals surface area contributed by atoms with E-state index in [1.807, 2.05) is 11.8 Å². The van der Waals surface area contributed by atoms with Gasteiger partial charge in [-0.1, -0.05) is 11.4 Å². The lowest BCUT2D eigenvalue weighted by molar-refractivity contribution is -0.745. The number of unbranched alkanes of at least 4 members (excludes halogenated alkanes) is 1. The number of nitrogen functional groups attached to an aromatic ring is 1. The first-order chi connectivity index (χ1) is 34.2. The van der Waals surface area contributed by atoms with Crippen LogP contribution in [0.15, 0.2) is 35.4 Å². The van der Waals surface area contributed by atoms with E-state index < -0.39 is 71.8 Å². The molecular formula is C38H59N9O21P3S+. The lowest BCUT2D eigenvalue weighted by atomic mass is 10.0. The quantitative estimate of drug-likeness (QED) is 0.0166. The molecule has 30 nitrogen and oxygen atoms in total. The van der Waals surface area contributed by atoms with Crippen LogP contribution in [0, 0.1) is 0 Å². The third-order valence-corrected chi connectivity index (χ3v) is 16.5. The van der Waals surface area contributed by atoms with Crippen molar-refractivity contribution in [2.24, 2.45) is 7.05 Å². The number of carbonyl (C=O) groups excluding carboxylic acids is 3. The maximum Gasteiger partial charge on any atom is 0.536 e. The molecule has 4 amide bonds. The number of rotatable bonds is 31. The van der Waals surface area contributed by atoms with E-state index in [0.717, 1.165) is 37.1 Å². The average Bonchev–Trinajstić information content (AvgIpc) is 4.03. The minimum atomic E-state index is -5.91. The first-order valence-corrected chi connectivity index (χ1v) is 27.9. The number of H-pyrrole nitrogens is 1. The number of aliphatic hydroxyl groups excluding tert-OH is 2. The van der Waals surface area contributed by atoms with Crippen molar-refractivity contribution in [1.82, 2.24) is 30.5 Å². The monoisotopic (exact) mass is 1100 g/mol. The van der Waals surface area contributed by atoms with E-state index in [9.17, 15) is 57.8 Å². The molecule has 0 saturated carbocycles. The van der Waals surface area contributed by atoms with Crippen LogP contribution in [0.5, 0.6) is 5.75 Å². The molecule has 34 heteroatoms. The zero-order valence-electron chi connectivity index (χ0n) is 38.7. The van der Waals surface area contributed by atoms with Crippen LogP contribution in [0.4, 0.5) is 16.4 Å². The molecule has 0 spiro atoms. The zero-order chi connectivity index (χ0) is 52.1. The summed E-state index contributed by atoms with van der Waals surface area (Å²) in [6, 6.07) is 4.99. The Kier molecular flexibility index (Phi) is 21.0. The lowest BCUT2D eigenvalue weighted by Gasteiger charge is -2.20. The molecule has 3 aliphatic rings. The second-order valence-electron chi connectivity index (χ2n) is 16.2. The van der Waals surface area contributed by atoms with Crippen molar-refractivity contribution in [2.45, 2.75) is 74.0 Å². The van der Waals surface area contributed by atoms with E-state index in [2.05, 4.69) is 44.4 Å². The van der Waals surface area contributed by atoms with E-state index in [1.54, 1.807) is 0 Å². The number of urea groups is 1. The van der Waals surface area contributed by atoms with Gasteiger partial charge >= 0.3 is 35.1 Å². The van der Waals surface area contributed by atoms with Gasteiger partial charge in [-0.3, -0.25) is 33.4 Å². The second kappa shape index (κ2) is 26.4. The molecule has 0 bridgehead atoms. The van der Waals surface area contributed by atoms with Gasteiger partial charge in [0.25, 0.3) is 11.5 Å². The van der Waals surface area contributed by atoms with Gasteiger partial charge in [0.15, 0.2) is 6.33 Å². The molecule has 12 N–H and O–H groups in total. The van der Waals surface area contributed by atoms with Crippen molar-refractivity contribution in [2.75, 3.05) is 82.8 Å². The van der Waals surface area contributed by atoms with Gasteiger partial charge in [0, 0.05) is 29.7 Å². The van der Waals surface area contributed by atoms with Crippen LogP contribution in [-0.4, -0.2) is 165 Å². The smallest absolute Gasteiger partial charge is 0.404 e. The van der Waals surface area contributed by atoms with Gasteiger partial charge in [-0.15, -0.1) is 0 Å². The number of aromatic amines is 1. The van der Waals surface area contributed by atoms with Gasteiger partial charge in [0.2, 0.25) is 23.6 Å². The number of amides is 4. The highest BCUT2D eigenvalue weighted by Crippen LogP contribution is 2.67. The number of phosphoric ester groups is 2. The molecule has 6 rings (SSSR count). The SMILES string of the molecule is Cn1c[n+]([C@@H]2O[C@H](COP(=O)(O)OP(=O)(O)OP(=O)(O)Oc3ccc(NC(=O)CCOCCOCCOCCOCCNC(=O)CCCC[C@@H]4SC[C@@H]5NC(=O)N[C@@H]54)cc3)[C@@H](O)[C@H]2O)c2nc(N)[nH]c(=O)c21. The van der Waals surface area contributed by atoms with E-state index >= 15 is 0 Å². The summed E-state index contributed by atoms with van der Waals surface area (Å²) in [5.74, 6) is -0.209. The first-order valence-electron chi connectivity index (χ1n) is 22.4. The Bertz CT molecular complexity index is 2530. The highest BCUT2D eigenvalue weighted by molar-refractivity contribution is 8.00. The van der Waals surface area contributed by atoms with Crippen LogP contribution in [0.1, 0.15) is 38.3 Å². The number of aliphatic hydroxyl groups is 2. The van der Waals surface area contributed by atoms with Crippen molar-refractivity contribution >= 4 is 75.9 Å². The molecule has 3 aromatic rings. The fraction of sp³-hybridized carbons (Fsp3) is 0.632. The molecule has 3 aliphatic heterocycles. The normalized spacial score (nSPS) is 24.2. The molecule has 2 aromatic heterocycles. The number of hydrogen-bond acceptors (Lipinski definition) is 21. The topological polar surface area (TPSA) is 415 Å². The van der Waals surface area contributed by atoms with Crippen molar-refractivity contribution in [1.29, 1.82) is 0 Å². The summed E-state index contributed by atoms with van der Waals surface area (Å²) in [5, 5.41) is 32.9. The Balaban J connectivity index is 0.758. The van der Waals surface area contributed by atoms with E-state index in [4.69, 9.17) is 33.9 Å². The Morgan fingerprint density at radius 3 is 2.22 bits per heavy atom. The minimum Gasteiger partial charge on any atom is -0.404 e. The Hall–Kier alpha value is -4.10. The predicted octanol–water partition coefficient (Wildman–Crippen LogP) is -0.582. The number of carbonyl (C=O) groups is 3. The number of ether oxygens (including phenoxy) is 5. The van der Waals surface area contributed by atoms with E-state index in [0.29, 0.717) is 51.2 Å². The van der Waals surface area contributed by atoms with Crippen molar-refractivity contribution in [3.8, 4) is 5.75 Å². The number of fused-ring (bicyclic) bond motifs is 2.